The summed E-state index contributed by atoms with van der Waals surface area (Å²) in [6, 6.07) is -0.909. The minimum Gasteiger partial charge on any atom is -0.394 e. The molecule has 0 aliphatic carbocycles. The highest BCUT2D eigenvalue weighted by atomic mass is 16.7. The van der Waals surface area contributed by atoms with Crippen molar-refractivity contribution in [1.82, 2.24) is 5.32 Å². The van der Waals surface area contributed by atoms with Gasteiger partial charge in [0.15, 0.2) is 12.6 Å². The second-order valence-corrected chi connectivity index (χ2v) is 22.9. The minimum absolute atomic E-state index is 0.234. The van der Waals surface area contributed by atoms with Crippen LogP contribution in [0.5, 0.6) is 0 Å². The van der Waals surface area contributed by atoms with E-state index in [0.717, 1.165) is 38.5 Å². The highest BCUT2D eigenvalue weighted by Gasteiger charge is 2.51. The van der Waals surface area contributed by atoms with Crippen molar-refractivity contribution >= 4 is 5.91 Å². The van der Waals surface area contributed by atoms with Crippen LogP contribution in [0.1, 0.15) is 284 Å². The smallest absolute Gasteiger partial charge is 0.220 e. The molecule has 0 spiro atoms. The number of hydrogen-bond acceptors (Lipinski definition) is 13. The van der Waals surface area contributed by atoms with Crippen molar-refractivity contribution in [2.45, 2.75) is 357 Å². The summed E-state index contributed by atoms with van der Waals surface area (Å²) in [6.07, 6.45) is 39.9. The molecule has 76 heavy (non-hydrogen) atoms. The van der Waals surface area contributed by atoms with Gasteiger partial charge in [0.25, 0.3) is 0 Å². The zero-order valence-corrected chi connectivity index (χ0v) is 48.5. The summed E-state index contributed by atoms with van der Waals surface area (Å²) in [5.41, 5.74) is 0. The molecule has 0 radical (unpaired) electrons. The van der Waals surface area contributed by atoms with Gasteiger partial charge in [-0.05, 0) is 19.3 Å². The fraction of sp³-hybridized carbons (Fsp3) is 0.952. The van der Waals surface area contributed by atoms with Crippen molar-refractivity contribution in [3.63, 3.8) is 0 Å². The summed E-state index contributed by atoms with van der Waals surface area (Å²) in [5.74, 6) is -0.234. The Hall–Kier alpha value is -1.27. The summed E-state index contributed by atoms with van der Waals surface area (Å²) in [6.45, 7) is 2.82. The van der Waals surface area contributed by atoms with E-state index >= 15 is 0 Å². The van der Waals surface area contributed by atoms with Crippen molar-refractivity contribution in [3.05, 3.63) is 12.2 Å². The zero-order chi connectivity index (χ0) is 55.3. The first-order valence-corrected chi connectivity index (χ1v) is 31.9. The van der Waals surface area contributed by atoms with Gasteiger partial charge < -0.3 is 65.1 Å². The molecule has 12 atom stereocenters. The summed E-state index contributed by atoms with van der Waals surface area (Å²) < 4.78 is 22.8. The van der Waals surface area contributed by atoms with Gasteiger partial charge in [-0.3, -0.25) is 4.79 Å². The standard InChI is InChI=1S/C62H119NO13/c1-3-5-7-9-11-13-15-17-18-19-20-21-22-23-24-25-26-27-28-29-30-31-32-34-36-38-40-42-44-46-54(67)63-50(51(66)45-43-41-39-37-35-33-16-14-12-10-8-6-4-2)49-73-61-59(72)57(70)60(53(48-65)75-61)76-62-58(71)56(69)55(68)52(47-64)74-62/h43,45,50-53,55-62,64-66,68-72H,3-42,44,46-49H2,1-2H3,(H,63,67)/b45-43+. The normalized spacial score (nSPS) is 24.9. The van der Waals surface area contributed by atoms with Crippen LogP contribution in [0.15, 0.2) is 12.2 Å². The highest BCUT2D eigenvalue weighted by molar-refractivity contribution is 5.76. The van der Waals surface area contributed by atoms with Gasteiger partial charge in [-0.15, -0.1) is 0 Å². The van der Waals surface area contributed by atoms with Crippen LogP contribution in [0.3, 0.4) is 0 Å². The monoisotopic (exact) mass is 1090 g/mol. The van der Waals surface area contributed by atoms with Gasteiger partial charge in [0.2, 0.25) is 5.91 Å². The molecule has 2 heterocycles. The molecule has 14 nitrogen and oxygen atoms in total. The molecule has 2 saturated heterocycles. The summed E-state index contributed by atoms with van der Waals surface area (Å²) >= 11 is 0. The molecule has 0 bridgehead atoms. The fourth-order valence-electron chi connectivity index (χ4n) is 10.8. The Bertz CT molecular complexity index is 1330. The lowest BCUT2D eigenvalue weighted by atomic mass is 9.97. The SMILES string of the molecule is CCCCCCCCCCCCC/C=C/C(O)C(COC1OC(CO)C(OC2OC(CO)C(O)C(O)C2O)C(O)C1O)NC(=O)CCCCCCCCCCCCCCCCCCCCCCCCCCCCCCC. The van der Waals surface area contributed by atoms with Gasteiger partial charge in [-0.1, -0.05) is 270 Å². The van der Waals surface area contributed by atoms with Crippen molar-refractivity contribution in [2.24, 2.45) is 0 Å². The van der Waals surface area contributed by atoms with E-state index in [1.54, 1.807) is 6.08 Å². The predicted octanol–water partition coefficient (Wildman–Crippen LogP) is 11.5. The second-order valence-electron chi connectivity index (χ2n) is 22.9. The van der Waals surface area contributed by atoms with Gasteiger partial charge in [0, 0.05) is 6.42 Å². The largest absolute Gasteiger partial charge is 0.394 e. The maximum atomic E-state index is 13.3. The number of carbonyl (C=O) groups is 1. The van der Waals surface area contributed by atoms with Crippen LogP contribution in [-0.4, -0.2) is 140 Å². The van der Waals surface area contributed by atoms with E-state index in [1.165, 1.54) is 218 Å². The molecule has 1 amide bonds. The molecule has 2 aliphatic heterocycles. The first-order valence-electron chi connectivity index (χ1n) is 31.9. The van der Waals surface area contributed by atoms with Gasteiger partial charge in [-0.25, -0.2) is 0 Å². The van der Waals surface area contributed by atoms with Crippen LogP contribution in [0, 0.1) is 0 Å². The number of ether oxygens (including phenoxy) is 4. The van der Waals surface area contributed by atoms with Crippen molar-refractivity contribution in [3.8, 4) is 0 Å². The molecule has 0 saturated carbocycles. The lowest BCUT2D eigenvalue weighted by Crippen LogP contribution is -2.65. The summed E-state index contributed by atoms with van der Waals surface area (Å²) in [4.78, 5) is 13.3. The third kappa shape index (κ3) is 33.5. The van der Waals surface area contributed by atoms with Crippen LogP contribution in [0.4, 0.5) is 0 Å². The molecule has 14 heteroatoms. The lowest BCUT2D eigenvalue weighted by molar-refractivity contribution is -0.359. The van der Waals surface area contributed by atoms with E-state index < -0.39 is 86.8 Å². The Labute approximate surface area is 463 Å². The Balaban J connectivity index is 1.65. The molecule has 2 aliphatic rings. The van der Waals surface area contributed by atoms with E-state index in [-0.39, 0.29) is 18.9 Å². The van der Waals surface area contributed by atoms with Crippen LogP contribution < -0.4 is 5.32 Å². The molecule has 2 rings (SSSR count). The average Bonchev–Trinajstić information content (AvgIpc) is 3.42. The van der Waals surface area contributed by atoms with Crippen molar-refractivity contribution in [2.75, 3.05) is 19.8 Å². The van der Waals surface area contributed by atoms with E-state index in [1.807, 2.05) is 6.08 Å². The number of carbonyl (C=O) groups excluding carboxylic acids is 1. The number of aliphatic hydroxyl groups excluding tert-OH is 8. The number of unbranched alkanes of at least 4 members (excludes halogenated alkanes) is 39. The quantitative estimate of drug-likeness (QED) is 0.0204. The minimum atomic E-state index is -1.79. The van der Waals surface area contributed by atoms with Gasteiger partial charge in [-0.2, -0.15) is 0 Å². The Morgan fingerprint density at radius 3 is 1.21 bits per heavy atom. The topological polar surface area (TPSA) is 228 Å². The van der Waals surface area contributed by atoms with Gasteiger partial charge >= 0.3 is 0 Å². The number of hydrogen-bond donors (Lipinski definition) is 9. The van der Waals surface area contributed by atoms with Gasteiger partial charge in [0.1, 0.15) is 48.8 Å². The highest BCUT2D eigenvalue weighted by Crippen LogP contribution is 2.30. The second kappa shape index (κ2) is 48.4. The molecule has 0 aromatic rings. The number of allylic oxidation sites excluding steroid dienone is 1. The molecule has 0 aromatic heterocycles. The van der Waals surface area contributed by atoms with E-state index in [2.05, 4.69) is 19.2 Å². The fourth-order valence-corrected chi connectivity index (χ4v) is 10.8. The maximum absolute atomic E-state index is 13.3. The number of rotatable bonds is 52. The average molecular weight is 1090 g/mol. The summed E-state index contributed by atoms with van der Waals surface area (Å²) in [7, 11) is 0. The van der Waals surface area contributed by atoms with Crippen LogP contribution in [-0.2, 0) is 23.7 Å². The number of aliphatic hydroxyl groups is 8. The lowest BCUT2D eigenvalue weighted by Gasteiger charge is -2.46. The first kappa shape index (κ1) is 70.8. The Morgan fingerprint density at radius 1 is 0.461 bits per heavy atom. The van der Waals surface area contributed by atoms with Crippen LogP contribution >= 0.6 is 0 Å². The molecular weight excluding hydrogens is 967 g/mol. The van der Waals surface area contributed by atoms with E-state index in [0.29, 0.717) is 6.42 Å². The van der Waals surface area contributed by atoms with Crippen molar-refractivity contribution in [1.29, 1.82) is 0 Å². The zero-order valence-electron chi connectivity index (χ0n) is 48.5. The van der Waals surface area contributed by atoms with Crippen molar-refractivity contribution < 1.29 is 64.6 Å². The number of amides is 1. The third-order valence-electron chi connectivity index (χ3n) is 16.0. The predicted molar refractivity (Wildman–Crippen MR) is 305 cm³/mol. The molecular formula is C62H119NO13. The molecule has 12 unspecified atom stereocenters. The Kier molecular flexibility index (Phi) is 45.1. The third-order valence-corrected chi connectivity index (χ3v) is 16.0. The van der Waals surface area contributed by atoms with Gasteiger partial charge in [0.05, 0.1) is 32.0 Å². The molecule has 2 fully saturated rings. The van der Waals surface area contributed by atoms with Crippen LogP contribution in [0.25, 0.3) is 0 Å². The van der Waals surface area contributed by atoms with Crippen LogP contribution in [0.2, 0.25) is 0 Å². The molecule has 450 valence electrons. The van der Waals surface area contributed by atoms with E-state index in [4.69, 9.17) is 18.9 Å². The molecule has 9 N–H and O–H groups in total. The number of nitrogens with one attached hydrogen (secondary N) is 1. The van der Waals surface area contributed by atoms with E-state index in [9.17, 15) is 45.6 Å². The maximum Gasteiger partial charge on any atom is 0.220 e. The summed E-state index contributed by atoms with van der Waals surface area (Å²) in [5, 5.41) is 87.1. The first-order chi connectivity index (χ1) is 37.1. The molecule has 0 aromatic carbocycles. The Morgan fingerprint density at radius 2 is 0.816 bits per heavy atom.